The van der Waals surface area contributed by atoms with E-state index >= 15 is 0 Å². The van der Waals surface area contributed by atoms with E-state index in [1.165, 1.54) is 23.3 Å². The second-order valence-electron chi connectivity index (χ2n) is 6.36. The lowest BCUT2D eigenvalue weighted by molar-refractivity contribution is 0.0705. The van der Waals surface area contributed by atoms with Crippen LogP contribution in [0.5, 0.6) is 0 Å². The number of likely N-dealkylation sites (tertiary alicyclic amines) is 1. The highest BCUT2D eigenvalue weighted by molar-refractivity contribution is 7.10. The van der Waals surface area contributed by atoms with E-state index in [0.717, 1.165) is 50.0 Å². The molecule has 1 aliphatic heterocycles. The molecule has 22 heavy (non-hydrogen) atoms. The fraction of sp³-hybridized carbons (Fsp3) is 0.529. The van der Waals surface area contributed by atoms with Gasteiger partial charge in [-0.1, -0.05) is 0 Å². The van der Waals surface area contributed by atoms with Gasteiger partial charge in [0.2, 0.25) is 0 Å². The summed E-state index contributed by atoms with van der Waals surface area (Å²) in [4.78, 5) is 16.4. The van der Waals surface area contributed by atoms with Crippen molar-refractivity contribution in [3.63, 3.8) is 0 Å². The Kier molecular flexibility index (Phi) is 3.74. The highest BCUT2D eigenvalue weighted by atomic mass is 32.1. The predicted molar refractivity (Wildman–Crippen MR) is 87.4 cm³/mol. The summed E-state index contributed by atoms with van der Waals surface area (Å²) in [6.45, 7) is 1.69. The molecule has 0 unspecified atom stereocenters. The van der Waals surface area contributed by atoms with Crippen LogP contribution in [0.4, 0.5) is 0 Å². The van der Waals surface area contributed by atoms with E-state index in [1.807, 2.05) is 11.0 Å². The van der Waals surface area contributed by atoms with Crippen molar-refractivity contribution in [1.82, 2.24) is 15.1 Å². The normalized spacial score (nSPS) is 21.6. The SMILES string of the molecule is O=C(c1csc2c1CCCC2)N1CCC[C@H](c2ccn[nH]2)C1. The maximum atomic E-state index is 13.0. The number of fused-ring (bicyclic) bond motifs is 1. The molecule has 0 aromatic carbocycles. The second-order valence-corrected chi connectivity index (χ2v) is 7.32. The molecular formula is C17H21N3OS. The number of thiophene rings is 1. The molecule has 116 valence electrons. The number of piperidine rings is 1. The van der Waals surface area contributed by atoms with Crippen LogP contribution >= 0.6 is 11.3 Å². The standard InChI is InChI=1S/C17H21N3OS/c21-17(14-11-22-16-6-2-1-5-13(14)16)20-9-3-4-12(10-20)15-7-8-18-19-15/h7-8,11-12H,1-6,9-10H2,(H,18,19)/t12-/m0/s1. The zero-order valence-electron chi connectivity index (χ0n) is 12.7. The van der Waals surface area contributed by atoms with Gasteiger partial charge in [0, 0.05) is 41.2 Å². The first-order valence-electron chi connectivity index (χ1n) is 8.20. The molecule has 2 aromatic heterocycles. The molecule has 1 fully saturated rings. The molecule has 1 aliphatic carbocycles. The molecule has 0 saturated carbocycles. The summed E-state index contributed by atoms with van der Waals surface area (Å²) < 4.78 is 0. The summed E-state index contributed by atoms with van der Waals surface area (Å²) in [6, 6.07) is 2.03. The van der Waals surface area contributed by atoms with E-state index < -0.39 is 0 Å². The average Bonchev–Trinajstić information content (AvgIpc) is 3.24. The number of rotatable bonds is 2. The molecule has 2 aromatic rings. The van der Waals surface area contributed by atoms with Gasteiger partial charge in [0.25, 0.3) is 5.91 Å². The van der Waals surface area contributed by atoms with Crippen LogP contribution in [0.25, 0.3) is 0 Å². The fourth-order valence-corrected chi connectivity index (χ4v) is 4.87. The lowest BCUT2D eigenvalue weighted by Gasteiger charge is -2.32. The van der Waals surface area contributed by atoms with Crippen molar-refractivity contribution in [2.24, 2.45) is 0 Å². The predicted octanol–water partition coefficient (Wildman–Crippen LogP) is 3.37. The van der Waals surface area contributed by atoms with Crippen LogP contribution in [0, 0.1) is 0 Å². The van der Waals surface area contributed by atoms with Gasteiger partial charge in [-0.3, -0.25) is 9.89 Å². The van der Waals surface area contributed by atoms with Gasteiger partial charge < -0.3 is 4.90 Å². The third-order valence-corrected chi connectivity index (χ3v) is 6.05. The van der Waals surface area contributed by atoms with Crippen molar-refractivity contribution in [3.8, 4) is 0 Å². The first-order valence-corrected chi connectivity index (χ1v) is 9.08. The Labute approximate surface area is 134 Å². The second kappa shape index (κ2) is 5.88. The van der Waals surface area contributed by atoms with E-state index in [2.05, 4.69) is 15.6 Å². The Morgan fingerprint density at radius 2 is 2.23 bits per heavy atom. The summed E-state index contributed by atoms with van der Waals surface area (Å²) in [5.41, 5.74) is 3.47. The van der Waals surface area contributed by atoms with Crippen LogP contribution < -0.4 is 0 Å². The topological polar surface area (TPSA) is 49.0 Å². The van der Waals surface area contributed by atoms with Gasteiger partial charge in [0.05, 0.1) is 5.56 Å². The molecule has 1 saturated heterocycles. The highest BCUT2D eigenvalue weighted by Crippen LogP contribution is 2.32. The molecule has 3 heterocycles. The minimum Gasteiger partial charge on any atom is -0.338 e. The number of hydrogen-bond acceptors (Lipinski definition) is 3. The Morgan fingerprint density at radius 3 is 3.09 bits per heavy atom. The lowest BCUT2D eigenvalue weighted by atomic mass is 9.92. The number of aromatic amines is 1. The van der Waals surface area contributed by atoms with Crippen molar-refractivity contribution < 1.29 is 4.79 Å². The van der Waals surface area contributed by atoms with Gasteiger partial charge >= 0.3 is 0 Å². The minimum absolute atomic E-state index is 0.239. The van der Waals surface area contributed by atoms with Crippen LogP contribution in [0.1, 0.15) is 58.1 Å². The third kappa shape index (κ3) is 2.47. The average molecular weight is 315 g/mol. The van der Waals surface area contributed by atoms with E-state index in [4.69, 9.17) is 0 Å². The number of H-pyrrole nitrogens is 1. The van der Waals surface area contributed by atoms with Gasteiger partial charge in [-0.15, -0.1) is 11.3 Å². The van der Waals surface area contributed by atoms with Crippen LogP contribution in [0.15, 0.2) is 17.6 Å². The summed E-state index contributed by atoms with van der Waals surface area (Å²) in [5.74, 6) is 0.637. The zero-order chi connectivity index (χ0) is 14.9. The molecule has 4 nitrogen and oxygen atoms in total. The molecule has 0 radical (unpaired) electrons. The summed E-state index contributed by atoms with van der Waals surface area (Å²) >= 11 is 1.78. The summed E-state index contributed by atoms with van der Waals surface area (Å²) in [7, 11) is 0. The third-order valence-electron chi connectivity index (χ3n) is 4.96. The van der Waals surface area contributed by atoms with Crippen molar-refractivity contribution in [3.05, 3.63) is 39.3 Å². The fourth-order valence-electron chi connectivity index (χ4n) is 3.75. The highest BCUT2D eigenvalue weighted by Gasteiger charge is 2.29. The van der Waals surface area contributed by atoms with E-state index in [0.29, 0.717) is 5.92 Å². The zero-order valence-corrected chi connectivity index (χ0v) is 13.5. The molecular weight excluding hydrogens is 294 g/mol. The molecule has 1 amide bonds. The van der Waals surface area contributed by atoms with Crippen molar-refractivity contribution >= 4 is 17.2 Å². The van der Waals surface area contributed by atoms with Gasteiger partial charge in [-0.25, -0.2) is 0 Å². The minimum atomic E-state index is 0.239. The van der Waals surface area contributed by atoms with Crippen LogP contribution in [0.3, 0.4) is 0 Å². The van der Waals surface area contributed by atoms with Crippen molar-refractivity contribution in [2.75, 3.05) is 13.1 Å². The number of aryl methyl sites for hydroxylation is 1. The Balaban J connectivity index is 1.54. The lowest BCUT2D eigenvalue weighted by Crippen LogP contribution is -2.39. The summed E-state index contributed by atoms with van der Waals surface area (Å²) in [5, 5.41) is 9.21. The summed E-state index contributed by atoms with van der Waals surface area (Å²) in [6.07, 6.45) is 8.73. The van der Waals surface area contributed by atoms with E-state index in [1.54, 1.807) is 17.5 Å². The maximum absolute atomic E-state index is 13.0. The first-order chi connectivity index (χ1) is 10.8. The largest absolute Gasteiger partial charge is 0.338 e. The Hall–Kier alpha value is -1.62. The molecule has 0 spiro atoms. The molecule has 1 N–H and O–H groups in total. The van der Waals surface area contributed by atoms with Gasteiger partial charge in [-0.05, 0) is 50.2 Å². The van der Waals surface area contributed by atoms with E-state index in [-0.39, 0.29) is 5.91 Å². The molecule has 1 atom stereocenters. The molecule has 2 aliphatic rings. The first kappa shape index (κ1) is 14.0. The maximum Gasteiger partial charge on any atom is 0.255 e. The van der Waals surface area contributed by atoms with Gasteiger partial charge in [0.15, 0.2) is 0 Å². The molecule has 5 heteroatoms. The van der Waals surface area contributed by atoms with Gasteiger partial charge in [-0.2, -0.15) is 5.10 Å². The Bertz CT molecular complexity index is 662. The Morgan fingerprint density at radius 1 is 1.32 bits per heavy atom. The number of aromatic nitrogens is 2. The molecule has 4 rings (SSSR count). The van der Waals surface area contributed by atoms with Crippen molar-refractivity contribution in [2.45, 2.75) is 44.4 Å². The number of nitrogens with zero attached hydrogens (tertiary/aromatic N) is 2. The molecule has 0 bridgehead atoms. The number of amides is 1. The quantitative estimate of drug-likeness (QED) is 0.923. The van der Waals surface area contributed by atoms with E-state index in [9.17, 15) is 4.79 Å². The van der Waals surface area contributed by atoms with Crippen LogP contribution in [-0.4, -0.2) is 34.1 Å². The van der Waals surface area contributed by atoms with Crippen LogP contribution in [0.2, 0.25) is 0 Å². The van der Waals surface area contributed by atoms with Gasteiger partial charge in [0.1, 0.15) is 0 Å². The number of carbonyl (C=O) groups is 1. The number of nitrogens with one attached hydrogen (secondary N) is 1. The monoisotopic (exact) mass is 315 g/mol. The van der Waals surface area contributed by atoms with Crippen molar-refractivity contribution in [1.29, 1.82) is 0 Å². The number of hydrogen-bond donors (Lipinski definition) is 1. The van der Waals surface area contributed by atoms with Crippen LogP contribution in [-0.2, 0) is 12.8 Å². The number of carbonyl (C=O) groups excluding carboxylic acids is 1. The smallest absolute Gasteiger partial charge is 0.255 e.